The number of nitrogens with two attached hydrogens (primary N) is 1. The summed E-state index contributed by atoms with van der Waals surface area (Å²) in [4.78, 5) is 11.0. The van der Waals surface area contributed by atoms with Crippen LogP contribution in [0.3, 0.4) is 0 Å². The Morgan fingerprint density at radius 3 is 2.16 bits per heavy atom. The standard InChI is InChI=1S/C13H19NO5/c1-3-7(6-13(2,14)12(18)19)11-9(16)4-8(15)5-10(11)17/h4-5,7,15-17H,3,6,14H2,1-2H3,(H,18,19). The van der Waals surface area contributed by atoms with E-state index in [-0.39, 0.29) is 29.2 Å². The first-order valence-corrected chi connectivity index (χ1v) is 5.96. The summed E-state index contributed by atoms with van der Waals surface area (Å²) in [5, 5.41) is 37.9. The summed E-state index contributed by atoms with van der Waals surface area (Å²) in [6, 6.07) is 2.21. The van der Waals surface area contributed by atoms with E-state index in [1.54, 1.807) is 6.92 Å². The van der Waals surface area contributed by atoms with Gasteiger partial charge in [-0.2, -0.15) is 0 Å². The topological polar surface area (TPSA) is 124 Å². The van der Waals surface area contributed by atoms with E-state index >= 15 is 0 Å². The SMILES string of the molecule is CCC(CC(C)(N)C(=O)O)c1c(O)cc(O)cc1O. The smallest absolute Gasteiger partial charge is 0.323 e. The van der Waals surface area contributed by atoms with Crippen LogP contribution in [0.15, 0.2) is 12.1 Å². The van der Waals surface area contributed by atoms with E-state index in [0.717, 1.165) is 12.1 Å². The maximum Gasteiger partial charge on any atom is 0.323 e. The average Bonchev–Trinajstić information content (AvgIpc) is 2.25. The Labute approximate surface area is 111 Å². The van der Waals surface area contributed by atoms with Crippen LogP contribution in [0, 0.1) is 0 Å². The van der Waals surface area contributed by atoms with Crippen molar-refractivity contribution in [3.8, 4) is 17.2 Å². The van der Waals surface area contributed by atoms with E-state index in [4.69, 9.17) is 10.8 Å². The molecule has 0 radical (unpaired) electrons. The first kappa shape index (κ1) is 15.1. The maximum atomic E-state index is 11.0. The minimum atomic E-state index is -1.46. The van der Waals surface area contributed by atoms with Crippen LogP contribution in [0.25, 0.3) is 0 Å². The molecule has 1 aromatic rings. The van der Waals surface area contributed by atoms with Crippen LogP contribution in [0.5, 0.6) is 17.2 Å². The molecule has 0 saturated carbocycles. The summed E-state index contributed by atoms with van der Waals surface area (Å²) in [7, 11) is 0. The van der Waals surface area contributed by atoms with Crippen molar-refractivity contribution in [2.24, 2.45) is 5.73 Å². The Kier molecular flexibility index (Phi) is 4.26. The van der Waals surface area contributed by atoms with Crippen LogP contribution >= 0.6 is 0 Å². The van der Waals surface area contributed by atoms with Crippen molar-refractivity contribution in [3.05, 3.63) is 17.7 Å². The first-order chi connectivity index (χ1) is 8.69. The van der Waals surface area contributed by atoms with E-state index in [1.165, 1.54) is 6.92 Å². The van der Waals surface area contributed by atoms with Crippen LogP contribution in [0.4, 0.5) is 0 Å². The predicted octanol–water partition coefficient (Wildman–Crippen LogP) is 1.49. The predicted molar refractivity (Wildman–Crippen MR) is 69.3 cm³/mol. The molecule has 0 amide bonds. The summed E-state index contributed by atoms with van der Waals surface area (Å²) in [6.45, 7) is 3.18. The normalized spacial score (nSPS) is 15.7. The monoisotopic (exact) mass is 269 g/mol. The fraction of sp³-hybridized carbons (Fsp3) is 0.462. The summed E-state index contributed by atoms with van der Waals surface area (Å²) < 4.78 is 0. The second-order valence-electron chi connectivity index (χ2n) is 4.93. The number of aromatic hydroxyl groups is 3. The third kappa shape index (κ3) is 3.29. The average molecular weight is 269 g/mol. The number of carbonyl (C=O) groups is 1. The number of hydrogen-bond acceptors (Lipinski definition) is 5. The minimum absolute atomic E-state index is 0.0602. The molecule has 0 aliphatic carbocycles. The molecular weight excluding hydrogens is 250 g/mol. The molecule has 0 fully saturated rings. The van der Waals surface area contributed by atoms with Gasteiger partial charge in [0.05, 0.1) is 0 Å². The molecule has 2 unspecified atom stereocenters. The zero-order valence-corrected chi connectivity index (χ0v) is 10.9. The van der Waals surface area contributed by atoms with Gasteiger partial charge in [0.2, 0.25) is 0 Å². The van der Waals surface area contributed by atoms with Crippen LogP contribution < -0.4 is 5.73 Å². The number of phenolic OH excluding ortho intramolecular Hbond substituents is 3. The van der Waals surface area contributed by atoms with Gasteiger partial charge in [0.1, 0.15) is 22.8 Å². The molecule has 6 heteroatoms. The third-order valence-electron chi connectivity index (χ3n) is 3.18. The molecular formula is C13H19NO5. The molecule has 0 aliphatic heterocycles. The fourth-order valence-corrected chi connectivity index (χ4v) is 2.08. The van der Waals surface area contributed by atoms with Gasteiger partial charge < -0.3 is 26.2 Å². The number of hydrogen-bond donors (Lipinski definition) is 5. The van der Waals surface area contributed by atoms with Crippen molar-refractivity contribution < 1.29 is 25.2 Å². The van der Waals surface area contributed by atoms with Crippen LogP contribution in [-0.2, 0) is 4.79 Å². The van der Waals surface area contributed by atoms with Gasteiger partial charge in [-0.15, -0.1) is 0 Å². The van der Waals surface area contributed by atoms with E-state index in [0.29, 0.717) is 6.42 Å². The summed E-state index contributed by atoms with van der Waals surface area (Å²) in [5.74, 6) is -2.38. The molecule has 0 spiro atoms. The van der Waals surface area contributed by atoms with E-state index in [9.17, 15) is 20.1 Å². The molecule has 6 nitrogen and oxygen atoms in total. The van der Waals surface area contributed by atoms with Crippen molar-refractivity contribution in [2.75, 3.05) is 0 Å². The lowest BCUT2D eigenvalue weighted by molar-refractivity contribution is -0.143. The molecule has 0 heterocycles. The third-order valence-corrected chi connectivity index (χ3v) is 3.18. The van der Waals surface area contributed by atoms with Gasteiger partial charge in [0.25, 0.3) is 0 Å². The lowest BCUT2D eigenvalue weighted by Crippen LogP contribution is -2.45. The number of rotatable bonds is 5. The maximum absolute atomic E-state index is 11.0. The molecule has 1 aromatic carbocycles. The van der Waals surface area contributed by atoms with Gasteiger partial charge in [-0.3, -0.25) is 4.79 Å². The zero-order chi connectivity index (χ0) is 14.8. The molecule has 0 bridgehead atoms. The molecule has 0 aromatic heterocycles. The number of phenols is 3. The summed E-state index contributed by atoms with van der Waals surface area (Å²) >= 11 is 0. The number of benzene rings is 1. The zero-order valence-electron chi connectivity index (χ0n) is 10.9. The second-order valence-corrected chi connectivity index (χ2v) is 4.93. The van der Waals surface area contributed by atoms with Gasteiger partial charge in [-0.05, 0) is 25.7 Å². The Morgan fingerprint density at radius 1 is 1.32 bits per heavy atom. The highest BCUT2D eigenvalue weighted by molar-refractivity contribution is 5.78. The molecule has 0 aliphatic rings. The highest BCUT2D eigenvalue weighted by Crippen LogP contribution is 2.41. The Bertz CT molecular complexity index is 461. The quantitative estimate of drug-likeness (QED) is 0.551. The van der Waals surface area contributed by atoms with Crippen LogP contribution in [0.2, 0.25) is 0 Å². The summed E-state index contributed by atoms with van der Waals surface area (Å²) in [5.41, 5.74) is 4.44. The van der Waals surface area contributed by atoms with Gasteiger partial charge >= 0.3 is 5.97 Å². The Balaban J connectivity index is 3.15. The van der Waals surface area contributed by atoms with Crippen LogP contribution in [0.1, 0.15) is 38.2 Å². The Morgan fingerprint density at radius 2 is 1.79 bits per heavy atom. The van der Waals surface area contributed by atoms with Crippen molar-refractivity contribution in [2.45, 2.75) is 38.1 Å². The molecule has 106 valence electrons. The van der Waals surface area contributed by atoms with Crippen molar-refractivity contribution in [3.63, 3.8) is 0 Å². The highest BCUT2D eigenvalue weighted by Gasteiger charge is 2.33. The molecule has 0 saturated heterocycles. The fourth-order valence-electron chi connectivity index (χ4n) is 2.08. The van der Waals surface area contributed by atoms with E-state index < -0.39 is 17.4 Å². The van der Waals surface area contributed by atoms with E-state index in [2.05, 4.69) is 0 Å². The molecule has 2 atom stereocenters. The first-order valence-electron chi connectivity index (χ1n) is 5.96. The van der Waals surface area contributed by atoms with Crippen molar-refractivity contribution in [1.29, 1.82) is 0 Å². The van der Waals surface area contributed by atoms with Crippen LogP contribution in [-0.4, -0.2) is 31.9 Å². The molecule has 19 heavy (non-hydrogen) atoms. The lowest BCUT2D eigenvalue weighted by Gasteiger charge is -2.26. The highest BCUT2D eigenvalue weighted by atomic mass is 16.4. The van der Waals surface area contributed by atoms with Gasteiger partial charge in [0, 0.05) is 17.7 Å². The van der Waals surface area contributed by atoms with Gasteiger partial charge in [-0.25, -0.2) is 0 Å². The minimum Gasteiger partial charge on any atom is -0.508 e. The van der Waals surface area contributed by atoms with Crippen molar-refractivity contribution >= 4 is 5.97 Å². The number of carboxylic acid groups (broad SMARTS) is 1. The van der Waals surface area contributed by atoms with E-state index in [1.807, 2.05) is 0 Å². The number of carboxylic acids is 1. The second kappa shape index (κ2) is 5.36. The number of aliphatic carboxylic acids is 1. The molecule has 6 N–H and O–H groups in total. The van der Waals surface area contributed by atoms with Gasteiger partial charge in [-0.1, -0.05) is 6.92 Å². The van der Waals surface area contributed by atoms with Crippen molar-refractivity contribution in [1.82, 2.24) is 0 Å². The van der Waals surface area contributed by atoms with Gasteiger partial charge in [0.15, 0.2) is 0 Å². The Hall–Kier alpha value is -1.95. The molecule has 1 rings (SSSR count). The summed E-state index contributed by atoms with van der Waals surface area (Å²) in [6.07, 6.45) is 0.552. The lowest BCUT2D eigenvalue weighted by atomic mass is 9.83. The largest absolute Gasteiger partial charge is 0.508 e.